The molecule has 102 valence electrons. The second-order valence-electron chi connectivity index (χ2n) is 5.23. The van der Waals surface area contributed by atoms with Crippen molar-refractivity contribution in [2.75, 3.05) is 0 Å². The van der Waals surface area contributed by atoms with Crippen molar-refractivity contribution in [1.82, 2.24) is 9.78 Å². The molecule has 0 radical (unpaired) electrons. The molecule has 18 heavy (non-hydrogen) atoms. The second-order valence-corrected chi connectivity index (χ2v) is 5.23. The first-order chi connectivity index (χ1) is 8.63. The van der Waals surface area contributed by atoms with Crippen LogP contribution in [0.3, 0.4) is 0 Å². The molecular weight excluding hydrogens is 226 g/mol. The van der Waals surface area contributed by atoms with Crippen LogP contribution in [0.1, 0.15) is 45.0 Å². The molecule has 1 saturated heterocycles. The van der Waals surface area contributed by atoms with E-state index in [-0.39, 0.29) is 12.1 Å². The third-order valence-electron chi connectivity index (χ3n) is 3.76. The van der Waals surface area contributed by atoms with Gasteiger partial charge in [0.05, 0.1) is 17.9 Å². The van der Waals surface area contributed by atoms with Crippen LogP contribution in [0.4, 0.5) is 0 Å². The Morgan fingerprint density at radius 3 is 2.83 bits per heavy atom. The van der Waals surface area contributed by atoms with Gasteiger partial charge in [0.1, 0.15) is 0 Å². The van der Waals surface area contributed by atoms with Gasteiger partial charge in [0, 0.05) is 24.7 Å². The lowest BCUT2D eigenvalue weighted by atomic mass is 10.0. The third kappa shape index (κ3) is 2.93. The van der Waals surface area contributed by atoms with Crippen LogP contribution in [0.25, 0.3) is 0 Å². The highest BCUT2D eigenvalue weighted by Gasteiger charge is 2.28. The lowest BCUT2D eigenvalue weighted by Crippen LogP contribution is -2.37. The highest BCUT2D eigenvalue weighted by atomic mass is 16.5. The smallest absolute Gasteiger partial charge is 0.0734 e. The number of rotatable bonds is 5. The Morgan fingerprint density at radius 2 is 2.28 bits per heavy atom. The molecular formula is C14H25N3O. The van der Waals surface area contributed by atoms with E-state index in [0.717, 1.165) is 37.9 Å². The molecule has 0 amide bonds. The van der Waals surface area contributed by atoms with Crippen LogP contribution in [-0.2, 0) is 24.1 Å². The molecule has 1 aliphatic heterocycles. The molecule has 0 aliphatic carbocycles. The lowest BCUT2D eigenvalue weighted by molar-refractivity contribution is 0.0401. The predicted molar refractivity (Wildman–Crippen MR) is 72.5 cm³/mol. The number of hydrogen-bond donors (Lipinski definition) is 1. The van der Waals surface area contributed by atoms with Crippen molar-refractivity contribution in [2.24, 2.45) is 5.73 Å². The fraction of sp³-hybridized carbons (Fsp3) is 0.786. The Kier molecular flexibility index (Phi) is 4.40. The highest BCUT2D eigenvalue weighted by Crippen LogP contribution is 2.22. The minimum absolute atomic E-state index is 0.0849. The van der Waals surface area contributed by atoms with Gasteiger partial charge in [0.2, 0.25) is 0 Å². The summed E-state index contributed by atoms with van der Waals surface area (Å²) in [5.41, 5.74) is 8.67. The van der Waals surface area contributed by atoms with Gasteiger partial charge in [-0.25, -0.2) is 0 Å². The molecule has 3 atom stereocenters. The van der Waals surface area contributed by atoms with Crippen molar-refractivity contribution >= 4 is 0 Å². The fourth-order valence-electron chi connectivity index (χ4n) is 2.65. The van der Waals surface area contributed by atoms with Gasteiger partial charge in [0.25, 0.3) is 0 Å². The molecule has 1 aliphatic rings. The van der Waals surface area contributed by atoms with Gasteiger partial charge in [-0.3, -0.25) is 4.68 Å². The standard InChI is InChI=1S/C14H25N3O/c1-4-11-8-12(17(5-2)16-11)9-13(15)14-7-6-10(3)18-14/h8,10,13-14H,4-7,9,15H2,1-3H3. The number of nitrogens with zero attached hydrogens (tertiary/aromatic N) is 2. The SMILES string of the molecule is CCc1cc(CC(N)C2CCC(C)O2)n(CC)n1. The normalized spacial score (nSPS) is 25.6. The molecule has 2 rings (SSSR count). The van der Waals surface area contributed by atoms with Gasteiger partial charge < -0.3 is 10.5 Å². The first-order valence-electron chi connectivity index (χ1n) is 7.10. The van der Waals surface area contributed by atoms with E-state index in [1.807, 2.05) is 0 Å². The fourth-order valence-corrected chi connectivity index (χ4v) is 2.65. The van der Waals surface area contributed by atoms with Crippen LogP contribution in [0.2, 0.25) is 0 Å². The van der Waals surface area contributed by atoms with E-state index < -0.39 is 0 Å². The summed E-state index contributed by atoms with van der Waals surface area (Å²) >= 11 is 0. The van der Waals surface area contributed by atoms with Gasteiger partial charge in [0.15, 0.2) is 0 Å². The Balaban J connectivity index is 2.01. The Bertz CT molecular complexity index is 388. The first kappa shape index (κ1) is 13.6. The molecule has 3 unspecified atom stereocenters. The lowest BCUT2D eigenvalue weighted by Gasteiger charge is -2.19. The topological polar surface area (TPSA) is 53.1 Å². The van der Waals surface area contributed by atoms with Crippen LogP contribution in [0.15, 0.2) is 6.07 Å². The number of aryl methyl sites for hydroxylation is 2. The summed E-state index contributed by atoms with van der Waals surface area (Å²) in [6, 6.07) is 2.27. The van der Waals surface area contributed by atoms with E-state index in [1.165, 1.54) is 5.69 Å². The summed E-state index contributed by atoms with van der Waals surface area (Å²) in [5, 5.41) is 4.56. The Labute approximate surface area is 110 Å². The molecule has 2 N–H and O–H groups in total. The maximum Gasteiger partial charge on any atom is 0.0734 e. The number of hydrogen-bond acceptors (Lipinski definition) is 3. The quantitative estimate of drug-likeness (QED) is 0.869. The number of ether oxygens (including phenoxy) is 1. The molecule has 4 heteroatoms. The number of aromatic nitrogens is 2. The van der Waals surface area contributed by atoms with Crippen LogP contribution in [-0.4, -0.2) is 28.0 Å². The summed E-state index contributed by atoms with van der Waals surface area (Å²) in [6.45, 7) is 7.28. The third-order valence-corrected chi connectivity index (χ3v) is 3.76. The molecule has 1 aromatic rings. The molecule has 2 heterocycles. The molecule has 0 bridgehead atoms. The van der Waals surface area contributed by atoms with Gasteiger partial charge in [-0.2, -0.15) is 5.10 Å². The van der Waals surface area contributed by atoms with Crippen LogP contribution < -0.4 is 5.73 Å². The minimum atomic E-state index is 0.0849. The Hall–Kier alpha value is -0.870. The van der Waals surface area contributed by atoms with E-state index in [2.05, 4.69) is 36.6 Å². The molecule has 0 saturated carbocycles. The number of nitrogens with two attached hydrogens (primary N) is 1. The summed E-state index contributed by atoms with van der Waals surface area (Å²) in [7, 11) is 0. The second kappa shape index (κ2) is 5.85. The van der Waals surface area contributed by atoms with Crippen molar-refractivity contribution in [3.63, 3.8) is 0 Å². The van der Waals surface area contributed by atoms with Gasteiger partial charge >= 0.3 is 0 Å². The zero-order chi connectivity index (χ0) is 13.1. The largest absolute Gasteiger partial charge is 0.374 e. The molecule has 0 aromatic carbocycles. The molecule has 1 aromatic heterocycles. The van der Waals surface area contributed by atoms with E-state index in [9.17, 15) is 0 Å². The van der Waals surface area contributed by atoms with Crippen LogP contribution in [0.5, 0.6) is 0 Å². The van der Waals surface area contributed by atoms with Crippen LogP contribution >= 0.6 is 0 Å². The van der Waals surface area contributed by atoms with Gasteiger partial charge in [-0.1, -0.05) is 6.92 Å². The van der Waals surface area contributed by atoms with Crippen LogP contribution in [0, 0.1) is 0 Å². The van der Waals surface area contributed by atoms with Crippen molar-refractivity contribution in [3.05, 3.63) is 17.5 Å². The zero-order valence-corrected chi connectivity index (χ0v) is 11.7. The molecule has 4 nitrogen and oxygen atoms in total. The van der Waals surface area contributed by atoms with E-state index in [0.29, 0.717) is 6.10 Å². The maximum absolute atomic E-state index is 6.28. The van der Waals surface area contributed by atoms with Gasteiger partial charge in [-0.05, 0) is 39.2 Å². The Morgan fingerprint density at radius 1 is 1.50 bits per heavy atom. The van der Waals surface area contributed by atoms with Crippen molar-refractivity contribution < 1.29 is 4.74 Å². The monoisotopic (exact) mass is 251 g/mol. The summed E-state index contributed by atoms with van der Waals surface area (Å²) < 4.78 is 7.91. The van der Waals surface area contributed by atoms with E-state index in [1.54, 1.807) is 0 Å². The van der Waals surface area contributed by atoms with E-state index >= 15 is 0 Å². The molecule has 0 spiro atoms. The van der Waals surface area contributed by atoms with Crippen molar-refractivity contribution in [2.45, 2.75) is 71.2 Å². The minimum Gasteiger partial charge on any atom is -0.374 e. The first-order valence-corrected chi connectivity index (χ1v) is 7.10. The van der Waals surface area contributed by atoms with Crippen molar-refractivity contribution in [1.29, 1.82) is 0 Å². The summed E-state index contributed by atoms with van der Waals surface area (Å²) in [6.07, 6.45) is 4.63. The zero-order valence-electron chi connectivity index (χ0n) is 11.7. The van der Waals surface area contributed by atoms with Gasteiger partial charge in [-0.15, -0.1) is 0 Å². The molecule has 1 fully saturated rings. The maximum atomic E-state index is 6.28. The van der Waals surface area contributed by atoms with Crippen molar-refractivity contribution in [3.8, 4) is 0 Å². The summed E-state index contributed by atoms with van der Waals surface area (Å²) in [4.78, 5) is 0. The predicted octanol–water partition coefficient (Wildman–Crippen LogP) is 1.90. The summed E-state index contributed by atoms with van der Waals surface area (Å²) in [5.74, 6) is 0. The average molecular weight is 251 g/mol. The average Bonchev–Trinajstić information content (AvgIpc) is 2.95. The highest BCUT2D eigenvalue weighted by molar-refractivity contribution is 5.12. The van der Waals surface area contributed by atoms with E-state index in [4.69, 9.17) is 10.5 Å².